The van der Waals surface area contributed by atoms with Crippen LogP contribution in [0.2, 0.25) is 0 Å². The van der Waals surface area contributed by atoms with Crippen LogP contribution >= 0.6 is 0 Å². The van der Waals surface area contributed by atoms with E-state index in [0.717, 1.165) is 5.69 Å². The summed E-state index contributed by atoms with van der Waals surface area (Å²) in [6.07, 6.45) is 0. The second-order valence-electron chi connectivity index (χ2n) is 4.45. The molecule has 2 rings (SSSR count). The molecular formula is C13H15FN4O. The molecule has 1 amide bonds. The van der Waals surface area contributed by atoms with Gasteiger partial charge < -0.3 is 11.1 Å². The summed E-state index contributed by atoms with van der Waals surface area (Å²) in [5.41, 5.74) is 7.01. The Bertz CT molecular complexity index is 648. The van der Waals surface area contributed by atoms with E-state index >= 15 is 0 Å². The van der Waals surface area contributed by atoms with Crippen LogP contribution in [0.25, 0.3) is 0 Å². The number of anilines is 2. The minimum Gasteiger partial charge on any atom is -0.399 e. The third-order valence-corrected chi connectivity index (χ3v) is 2.77. The van der Waals surface area contributed by atoms with Crippen LogP contribution in [0.4, 0.5) is 15.9 Å². The van der Waals surface area contributed by atoms with Gasteiger partial charge in [-0.25, -0.2) is 4.39 Å². The highest BCUT2D eigenvalue weighted by Gasteiger charge is 2.16. The van der Waals surface area contributed by atoms with Crippen LogP contribution < -0.4 is 11.1 Å². The summed E-state index contributed by atoms with van der Waals surface area (Å²) in [6, 6.07) is 4.51. The predicted molar refractivity (Wildman–Crippen MR) is 71.4 cm³/mol. The Balaban J connectivity index is 2.33. The number of hydrogen-bond acceptors (Lipinski definition) is 3. The number of nitrogens with one attached hydrogen (secondary N) is 1. The highest BCUT2D eigenvalue weighted by atomic mass is 19.1. The van der Waals surface area contributed by atoms with Gasteiger partial charge in [0.15, 0.2) is 0 Å². The van der Waals surface area contributed by atoms with E-state index in [1.165, 1.54) is 16.8 Å². The SMILES string of the molecule is Cc1cc(NC(=O)c2cc(N)cc(C)c2F)n(C)n1. The number of aromatic nitrogens is 2. The number of hydrogen-bond donors (Lipinski definition) is 2. The molecule has 0 unspecified atom stereocenters. The maximum absolute atomic E-state index is 13.9. The highest BCUT2D eigenvalue weighted by molar-refractivity contribution is 6.04. The second-order valence-corrected chi connectivity index (χ2v) is 4.45. The Kier molecular flexibility index (Phi) is 3.25. The molecule has 0 aliphatic carbocycles. The van der Waals surface area contributed by atoms with E-state index in [2.05, 4.69) is 10.4 Å². The standard InChI is InChI=1S/C13H15FN4O/c1-7-4-9(15)6-10(12(7)14)13(19)16-11-5-8(2)17-18(11)3/h4-6H,15H2,1-3H3,(H,16,19). The Labute approximate surface area is 110 Å². The van der Waals surface area contributed by atoms with Gasteiger partial charge in [0, 0.05) is 18.8 Å². The van der Waals surface area contributed by atoms with E-state index in [4.69, 9.17) is 5.73 Å². The van der Waals surface area contributed by atoms with Crippen molar-refractivity contribution in [2.75, 3.05) is 11.1 Å². The Morgan fingerprint density at radius 2 is 2.05 bits per heavy atom. The zero-order valence-corrected chi connectivity index (χ0v) is 11.0. The summed E-state index contributed by atoms with van der Waals surface area (Å²) in [6.45, 7) is 3.37. The number of nitrogen functional groups attached to an aromatic ring is 1. The fourth-order valence-corrected chi connectivity index (χ4v) is 1.87. The molecule has 0 saturated carbocycles. The molecule has 0 spiro atoms. The van der Waals surface area contributed by atoms with Crippen LogP contribution in [0.3, 0.4) is 0 Å². The molecular weight excluding hydrogens is 247 g/mol. The van der Waals surface area contributed by atoms with E-state index in [1.54, 1.807) is 27.0 Å². The third-order valence-electron chi connectivity index (χ3n) is 2.77. The molecule has 0 fully saturated rings. The molecule has 3 N–H and O–H groups in total. The first-order chi connectivity index (χ1) is 8.88. The first-order valence-electron chi connectivity index (χ1n) is 5.76. The van der Waals surface area contributed by atoms with Gasteiger partial charge in [-0.3, -0.25) is 9.48 Å². The molecule has 6 heteroatoms. The van der Waals surface area contributed by atoms with E-state index in [9.17, 15) is 9.18 Å². The van der Waals surface area contributed by atoms with Crippen molar-refractivity contribution in [1.29, 1.82) is 0 Å². The second kappa shape index (κ2) is 4.72. The maximum atomic E-state index is 13.9. The van der Waals surface area contributed by atoms with Crippen molar-refractivity contribution < 1.29 is 9.18 Å². The molecule has 19 heavy (non-hydrogen) atoms. The van der Waals surface area contributed by atoms with E-state index < -0.39 is 11.7 Å². The Hall–Kier alpha value is -2.37. The Morgan fingerprint density at radius 1 is 1.37 bits per heavy atom. The molecule has 1 aromatic heterocycles. The number of amides is 1. The van der Waals surface area contributed by atoms with Gasteiger partial charge in [0.2, 0.25) is 0 Å². The number of aryl methyl sites for hydroxylation is 3. The summed E-state index contributed by atoms with van der Waals surface area (Å²) < 4.78 is 15.4. The van der Waals surface area contributed by atoms with Gasteiger partial charge in [0.25, 0.3) is 5.91 Å². The number of benzene rings is 1. The van der Waals surface area contributed by atoms with Crippen molar-refractivity contribution in [3.8, 4) is 0 Å². The Morgan fingerprint density at radius 3 is 2.63 bits per heavy atom. The van der Waals surface area contributed by atoms with Crippen LogP contribution in [-0.4, -0.2) is 15.7 Å². The van der Waals surface area contributed by atoms with Gasteiger partial charge in [-0.05, 0) is 31.5 Å². The van der Waals surface area contributed by atoms with E-state index in [1.807, 2.05) is 0 Å². The normalized spacial score (nSPS) is 10.5. The van der Waals surface area contributed by atoms with Crippen molar-refractivity contribution in [1.82, 2.24) is 9.78 Å². The van der Waals surface area contributed by atoms with Crippen LogP contribution in [0, 0.1) is 19.7 Å². The average Bonchev–Trinajstić information content (AvgIpc) is 2.62. The summed E-state index contributed by atoms with van der Waals surface area (Å²) in [4.78, 5) is 12.1. The molecule has 1 aromatic carbocycles. The molecule has 0 saturated heterocycles. The zero-order valence-electron chi connectivity index (χ0n) is 11.0. The fraction of sp³-hybridized carbons (Fsp3) is 0.231. The van der Waals surface area contributed by atoms with E-state index in [-0.39, 0.29) is 5.56 Å². The van der Waals surface area contributed by atoms with E-state index in [0.29, 0.717) is 17.1 Å². The number of halogens is 1. The molecule has 100 valence electrons. The van der Waals surface area contributed by atoms with Gasteiger partial charge in [-0.15, -0.1) is 0 Å². The first kappa shape index (κ1) is 13.1. The molecule has 0 atom stereocenters. The topological polar surface area (TPSA) is 72.9 Å². The maximum Gasteiger partial charge on any atom is 0.259 e. The summed E-state index contributed by atoms with van der Waals surface area (Å²) in [7, 11) is 1.70. The van der Waals surface area contributed by atoms with Crippen molar-refractivity contribution in [3.05, 3.63) is 40.8 Å². The fourth-order valence-electron chi connectivity index (χ4n) is 1.87. The third kappa shape index (κ3) is 2.57. The lowest BCUT2D eigenvalue weighted by Crippen LogP contribution is -2.17. The van der Waals surface area contributed by atoms with Gasteiger partial charge >= 0.3 is 0 Å². The lowest BCUT2D eigenvalue weighted by atomic mass is 10.1. The van der Waals surface area contributed by atoms with Crippen molar-refractivity contribution >= 4 is 17.4 Å². The lowest BCUT2D eigenvalue weighted by Gasteiger charge is -2.08. The van der Waals surface area contributed by atoms with Crippen molar-refractivity contribution in [3.63, 3.8) is 0 Å². The molecule has 1 heterocycles. The van der Waals surface area contributed by atoms with Gasteiger partial charge in [0.05, 0.1) is 11.3 Å². The van der Waals surface area contributed by atoms with Crippen molar-refractivity contribution in [2.24, 2.45) is 7.05 Å². The van der Waals surface area contributed by atoms with Gasteiger partial charge in [0.1, 0.15) is 11.6 Å². The quantitative estimate of drug-likeness (QED) is 0.813. The van der Waals surface area contributed by atoms with Gasteiger partial charge in [-0.2, -0.15) is 5.10 Å². The largest absolute Gasteiger partial charge is 0.399 e. The van der Waals surface area contributed by atoms with Gasteiger partial charge in [-0.1, -0.05) is 0 Å². The molecule has 0 aliphatic heterocycles. The number of rotatable bonds is 2. The zero-order chi connectivity index (χ0) is 14.2. The predicted octanol–water partition coefficient (Wildman–Crippen LogP) is 2.01. The summed E-state index contributed by atoms with van der Waals surface area (Å²) in [5.74, 6) is -0.608. The van der Waals surface area contributed by atoms with Crippen LogP contribution in [-0.2, 0) is 7.05 Å². The summed E-state index contributed by atoms with van der Waals surface area (Å²) in [5, 5.41) is 6.71. The first-order valence-corrected chi connectivity index (χ1v) is 5.76. The minimum atomic E-state index is -0.564. The minimum absolute atomic E-state index is 0.0728. The van der Waals surface area contributed by atoms with Crippen molar-refractivity contribution in [2.45, 2.75) is 13.8 Å². The summed E-state index contributed by atoms with van der Waals surface area (Å²) >= 11 is 0. The molecule has 0 bridgehead atoms. The highest BCUT2D eigenvalue weighted by Crippen LogP contribution is 2.19. The number of nitrogens with zero attached hydrogens (tertiary/aromatic N) is 2. The number of carbonyl (C=O) groups is 1. The lowest BCUT2D eigenvalue weighted by molar-refractivity contribution is 0.102. The van der Waals surface area contributed by atoms with Crippen LogP contribution in [0.15, 0.2) is 18.2 Å². The monoisotopic (exact) mass is 262 g/mol. The van der Waals surface area contributed by atoms with Crippen LogP contribution in [0.5, 0.6) is 0 Å². The number of nitrogens with two attached hydrogens (primary N) is 1. The molecule has 0 aliphatic rings. The molecule has 0 radical (unpaired) electrons. The smallest absolute Gasteiger partial charge is 0.259 e. The number of carbonyl (C=O) groups excluding carboxylic acids is 1. The average molecular weight is 262 g/mol. The van der Waals surface area contributed by atoms with Crippen LogP contribution in [0.1, 0.15) is 21.6 Å². The molecule has 5 nitrogen and oxygen atoms in total. The molecule has 2 aromatic rings.